The fourth-order valence-corrected chi connectivity index (χ4v) is 2.99. The first kappa shape index (κ1) is 16.8. The van der Waals surface area contributed by atoms with E-state index in [0.717, 1.165) is 33.4 Å². The molecule has 4 rings (SSSR count). The van der Waals surface area contributed by atoms with Crippen molar-refractivity contribution in [3.63, 3.8) is 0 Å². The highest BCUT2D eigenvalue weighted by molar-refractivity contribution is 6.07. The molecule has 6 nitrogen and oxygen atoms in total. The standard InChI is InChI=1S/C21H18N4O2/c26-21(25-27)10-9-14-5-7-15(8-6-14)12-22-20-11-17-16-3-1-2-4-18(16)24-19(17)13-23-20/h1-11,13,24,27H,12H2,(H,22,23)(H,25,26)/b10-9+. The van der Waals surface area contributed by atoms with Gasteiger partial charge in [-0.05, 0) is 29.3 Å². The highest BCUT2D eigenvalue weighted by Gasteiger charge is 2.05. The zero-order valence-corrected chi connectivity index (χ0v) is 14.4. The molecule has 0 saturated carbocycles. The molecule has 0 bridgehead atoms. The Morgan fingerprint density at radius 3 is 2.70 bits per heavy atom. The van der Waals surface area contributed by atoms with Gasteiger partial charge >= 0.3 is 0 Å². The van der Waals surface area contributed by atoms with Crippen LogP contribution in [0.3, 0.4) is 0 Å². The van der Waals surface area contributed by atoms with Gasteiger partial charge in [0.1, 0.15) is 5.82 Å². The number of rotatable bonds is 5. The topological polar surface area (TPSA) is 90.0 Å². The van der Waals surface area contributed by atoms with E-state index in [1.165, 1.54) is 11.5 Å². The molecule has 6 heteroatoms. The largest absolute Gasteiger partial charge is 0.366 e. The van der Waals surface area contributed by atoms with Gasteiger partial charge in [-0.3, -0.25) is 10.0 Å². The van der Waals surface area contributed by atoms with Gasteiger partial charge < -0.3 is 10.3 Å². The Morgan fingerprint density at radius 2 is 1.89 bits per heavy atom. The van der Waals surface area contributed by atoms with Gasteiger partial charge in [-0.1, -0.05) is 42.5 Å². The van der Waals surface area contributed by atoms with Gasteiger partial charge in [0.05, 0.1) is 11.7 Å². The molecule has 27 heavy (non-hydrogen) atoms. The predicted octanol–water partition coefficient (Wildman–Crippen LogP) is 3.85. The monoisotopic (exact) mass is 358 g/mol. The number of para-hydroxylation sites is 1. The molecule has 0 radical (unpaired) electrons. The van der Waals surface area contributed by atoms with E-state index in [-0.39, 0.29) is 0 Å². The number of amides is 1. The van der Waals surface area contributed by atoms with E-state index in [1.54, 1.807) is 11.6 Å². The van der Waals surface area contributed by atoms with Crippen LogP contribution >= 0.6 is 0 Å². The average Bonchev–Trinajstić information content (AvgIpc) is 3.09. The van der Waals surface area contributed by atoms with Gasteiger partial charge in [0.25, 0.3) is 5.91 Å². The Kier molecular flexibility index (Phi) is 4.55. The molecule has 0 fully saturated rings. The molecule has 0 unspecified atom stereocenters. The van der Waals surface area contributed by atoms with Crippen LogP contribution in [0.25, 0.3) is 27.9 Å². The van der Waals surface area contributed by atoms with E-state index in [0.29, 0.717) is 6.54 Å². The number of nitrogens with one attached hydrogen (secondary N) is 3. The molecular formula is C21H18N4O2. The van der Waals surface area contributed by atoms with Crippen molar-refractivity contribution in [2.75, 3.05) is 5.32 Å². The van der Waals surface area contributed by atoms with Gasteiger partial charge in [0.15, 0.2) is 0 Å². The molecule has 2 aromatic heterocycles. The number of carbonyl (C=O) groups is 1. The number of benzene rings is 2. The number of fused-ring (bicyclic) bond motifs is 3. The molecule has 0 saturated heterocycles. The Hall–Kier alpha value is -3.64. The van der Waals surface area contributed by atoms with Crippen molar-refractivity contribution in [3.8, 4) is 0 Å². The Morgan fingerprint density at radius 1 is 1.07 bits per heavy atom. The Balaban J connectivity index is 1.47. The van der Waals surface area contributed by atoms with Crippen LogP contribution in [0.4, 0.5) is 5.82 Å². The summed E-state index contributed by atoms with van der Waals surface area (Å²) < 4.78 is 0. The highest BCUT2D eigenvalue weighted by Crippen LogP contribution is 2.26. The number of nitrogens with zero attached hydrogens (tertiary/aromatic N) is 1. The van der Waals surface area contributed by atoms with E-state index in [2.05, 4.69) is 33.5 Å². The molecule has 4 N–H and O–H groups in total. The number of H-pyrrole nitrogens is 1. The summed E-state index contributed by atoms with van der Waals surface area (Å²) in [6, 6.07) is 18.0. The van der Waals surface area contributed by atoms with Crippen LogP contribution in [0.2, 0.25) is 0 Å². The van der Waals surface area contributed by atoms with Crippen LogP contribution in [0.1, 0.15) is 11.1 Å². The molecule has 0 spiro atoms. The van der Waals surface area contributed by atoms with E-state index in [1.807, 2.05) is 42.6 Å². The van der Waals surface area contributed by atoms with Crippen LogP contribution in [0.5, 0.6) is 0 Å². The van der Waals surface area contributed by atoms with E-state index >= 15 is 0 Å². The van der Waals surface area contributed by atoms with Crippen molar-refractivity contribution in [1.82, 2.24) is 15.4 Å². The van der Waals surface area contributed by atoms with Crippen molar-refractivity contribution in [2.24, 2.45) is 0 Å². The number of anilines is 1. The summed E-state index contributed by atoms with van der Waals surface area (Å²) in [5.74, 6) is 0.260. The number of aromatic nitrogens is 2. The van der Waals surface area contributed by atoms with Crippen LogP contribution in [-0.2, 0) is 11.3 Å². The normalized spacial score (nSPS) is 11.3. The van der Waals surface area contributed by atoms with Gasteiger partial charge in [-0.25, -0.2) is 10.5 Å². The average molecular weight is 358 g/mol. The summed E-state index contributed by atoms with van der Waals surface area (Å²) in [6.45, 7) is 0.641. The Bertz CT molecular complexity index is 1130. The summed E-state index contributed by atoms with van der Waals surface area (Å²) in [4.78, 5) is 18.8. The predicted molar refractivity (Wildman–Crippen MR) is 106 cm³/mol. The summed E-state index contributed by atoms with van der Waals surface area (Å²) in [5.41, 5.74) is 5.65. The minimum Gasteiger partial charge on any atom is -0.366 e. The third-order valence-electron chi connectivity index (χ3n) is 4.38. The van der Waals surface area contributed by atoms with Crippen LogP contribution < -0.4 is 10.8 Å². The number of aromatic amines is 1. The molecule has 4 aromatic rings. The zero-order chi connectivity index (χ0) is 18.6. The first-order valence-corrected chi connectivity index (χ1v) is 8.54. The van der Waals surface area contributed by atoms with Gasteiger partial charge in [0.2, 0.25) is 0 Å². The third-order valence-corrected chi connectivity index (χ3v) is 4.38. The summed E-state index contributed by atoms with van der Waals surface area (Å²) in [5, 5.41) is 14.2. The van der Waals surface area contributed by atoms with E-state index < -0.39 is 5.91 Å². The number of pyridine rings is 1. The second-order valence-electron chi connectivity index (χ2n) is 6.19. The molecular weight excluding hydrogens is 340 g/mol. The maximum Gasteiger partial charge on any atom is 0.267 e. The van der Waals surface area contributed by atoms with Crippen LogP contribution in [0, 0.1) is 0 Å². The molecule has 0 aliphatic carbocycles. The van der Waals surface area contributed by atoms with E-state index in [9.17, 15) is 4.79 Å². The lowest BCUT2D eigenvalue weighted by Crippen LogP contribution is -2.14. The van der Waals surface area contributed by atoms with Crippen molar-refractivity contribution < 1.29 is 10.0 Å². The van der Waals surface area contributed by atoms with Crippen molar-refractivity contribution in [2.45, 2.75) is 6.54 Å². The minimum atomic E-state index is -0.556. The van der Waals surface area contributed by atoms with Crippen LogP contribution in [0.15, 0.2) is 66.9 Å². The number of hydrogen-bond acceptors (Lipinski definition) is 4. The smallest absolute Gasteiger partial charge is 0.267 e. The lowest BCUT2D eigenvalue weighted by atomic mass is 10.1. The van der Waals surface area contributed by atoms with Crippen molar-refractivity contribution in [1.29, 1.82) is 0 Å². The maximum atomic E-state index is 11.0. The molecule has 1 amide bonds. The molecule has 2 heterocycles. The summed E-state index contributed by atoms with van der Waals surface area (Å²) >= 11 is 0. The zero-order valence-electron chi connectivity index (χ0n) is 14.4. The van der Waals surface area contributed by atoms with Gasteiger partial charge in [-0.15, -0.1) is 0 Å². The molecule has 0 atom stereocenters. The van der Waals surface area contributed by atoms with Gasteiger partial charge in [0, 0.05) is 28.9 Å². The van der Waals surface area contributed by atoms with Gasteiger partial charge in [-0.2, -0.15) is 0 Å². The molecule has 2 aromatic carbocycles. The first-order chi connectivity index (χ1) is 13.2. The number of hydrogen-bond donors (Lipinski definition) is 4. The van der Waals surface area contributed by atoms with Crippen LogP contribution in [-0.4, -0.2) is 21.1 Å². The summed E-state index contributed by atoms with van der Waals surface area (Å²) in [7, 11) is 0. The van der Waals surface area contributed by atoms with Crippen molar-refractivity contribution in [3.05, 3.63) is 78.0 Å². The fourth-order valence-electron chi connectivity index (χ4n) is 2.99. The molecule has 134 valence electrons. The second kappa shape index (κ2) is 7.31. The van der Waals surface area contributed by atoms with Crippen molar-refractivity contribution >= 4 is 39.6 Å². The SMILES string of the molecule is O=C(/C=C/c1ccc(CNc2cc3c(cn2)[nH]c2ccccc23)cc1)NO. The fraction of sp³-hybridized carbons (Fsp3) is 0.0476. The lowest BCUT2D eigenvalue weighted by Gasteiger charge is -2.06. The molecule has 0 aliphatic heterocycles. The number of carbonyl (C=O) groups excluding carboxylic acids is 1. The quantitative estimate of drug-likeness (QED) is 0.248. The highest BCUT2D eigenvalue weighted by atomic mass is 16.5. The molecule has 0 aliphatic rings. The summed E-state index contributed by atoms with van der Waals surface area (Å²) in [6.07, 6.45) is 4.75. The lowest BCUT2D eigenvalue weighted by molar-refractivity contribution is -0.124. The van der Waals surface area contributed by atoms with E-state index in [4.69, 9.17) is 5.21 Å². The first-order valence-electron chi connectivity index (χ1n) is 8.54. The maximum absolute atomic E-state index is 11.0. The second-order valence-corrected chi connectivity index (χ2v) is 6.19. The number of hydroxylamine groups is 1. The third kappa shape index (κ3) is 3.65. The Labute approximate surface area is 155 Å². The minimum absolute atomic E-state index is 0.556.